The number of carbonyl (C=O) groups is 2. The quantitative estimate of drug-likeness (QED) is 0.864. The molecule has 0 aliphatic rings. The lowest BCUT2D eigenvalue weighted by atomic mass is 10.1. The predicted molar refractivity (Wildman–Crippen MR) is 72.9 cm³/mol. The zero-order valence-corrected chi connectivity index (χ0v) is 10.7. The van der Waals surface area contributed by atoms with Gasteiger partial charge in [0.2, 0.25) is 5.91 Å². The molecular weight excluding hydrogens is 256 g/mol. The molecule has 1 heterocycles. The van der Waals surface area contributed by atoms with Gasteiger partial charge in [0.25, 0.3) is 0 Å². The maximum atomic E-state index is 11.9. The minimum absolute atomic E-state index is 0.0530. The van der Waals surface area contributed by atoms with Gasteiger partial charge in [0, 0.05) is 11.9 Å². The maximum Gasteiger partial charge on any atom is 0.330 e. The first-order chi connectivity index (χ1) is 9.66. The normalized spacial score (nSPS) is 11.6. The SMILES string of the molecule is O=C(Cc1ccccn1)N[C@@H](C(=O)O)c1ccccc1. The van der Waals surface area contributed by atoms with Gasteiger partial charge in [-0.05, 0) is 17.7 Å². The fourth-order valence-corrected chi connectivity index (χ4v) is 1.81. The Labute approximate surface area is 116 Å². The van der Waals surface area contributed by atoms with Crippen LogP contribution in [0.25, 0.3) is 0 Å². The number of carboxylic acids is 1. The molecule has 1 amide bonds. The van der Waals surface area contributed by atoms with Gasteiger partial charge in [-0.15, -0.1) is 0 Å². The van der Waals surface area contributed by atoms with E-state index in [2.05, 4.69) is 10.3 Å². The number of carbonyl (C=O) groups excluding carboxylic acids is 1. The van der Waals surface area contributed by atoms with Gasteiger partial charge in [0.15, 0.2) is 6.04 Å². The molecular formula is C15H14N2O3. The summed E-state index contributed by atoms with van der Waals surface area (Å²) < 4.78 is 0. The van der Waals surface area contributed by atoms with Crippen molar-refractivity contribution in [2.75, 3.05) is 0 Å². The van der Waals surface area contributed by atoms with Crippen LogP contribution in [0.1, 0.15) is 17.3 Å². The molecule has 20 heavy (non-hydrogen) atoms. The van der Waals surface area contributed by atoms with Crippen LogP contribution in [0.5, 0.6) is 0 Å². The lowest BCUT2D eigenvalue weighted by molar-refractivity contribution is -0.142. The number of rotatable bonds is 5. The Hall–Kier alpha value is -2.69. The van der Waals surface area contributed by atoms with Crippen molar-refractivity contribution < 1.29 is 14.7 Å². The van der Waals surface area contributed by atoms with Crippen LogP contribution >= 0.6 is 0 Å². The van der Waals surface area contributed by atoms with E-state index in [1.165, 1.54) is 0 Å². The molecule has 5 heteroatoms. The van der Waals surface area contributed by atoms with Crippen molar-refractivity contribution in [1.29, 1.82) is 0 Å². The van der Waals surface area contributed by atoms with Crippen molar-refractivity contribution in [1.82, 2.24) is 10.3 Å². The van der Waals surface area contributed by atoms with Crippen LogP contribution < -0.4 is 5.32 Å². The highest BCUT2D eigenvalue weighted by Crippen LogP contribution is 2.12. The average Bonchev–Trinajstić information content (AvgIpc) is 2.46. The predicted octanol–water partition coefficient (Wildman–Crippen LogP) is 1.57. The van der Waals surface area contributed by atoms with Gasteiger partial charge in [-0.25, -0.2) is 4.79 Å². The number of aromatic nitrogens is 1. The van der Waals surface area contributed by atoms with Crippen molar-refractivity contribution in [2.45, 2.75) is 12.5 Å². The summed E-state index contributed by atoms with van der Waals surface area (Å²) in [5.74, 6) is -1.47. The van der Waals surface area contributed by atoms with E-state index < -0.39 is 12.0 Å². The molecule has 2 N–H and O–H groups in total. The summed E-state index contributed by atoms with van der Waals surface area (Å²) in [6.07, 6.45) is 1.64. The van der Waals surface area contributed by atoms with Crippen LogP contribution in [0.2, 0.25) is 0 Å². The molecule has 0 spiro atoms. The van der Waals surface area contributed by atoms with E-state index in [1.54, 1.807) is 54.7 Å². The zero-order chi connectivity index (χ0) is 14.4. The Morgan fingerprint density at radius 1 is 1.10 bits per heavy atom. The Kier molecular flexibility index (Phi) is 4.44. The Morgan fingerprint density at radius 3 is 2.40 bits per heavy atom. The second-order valence-electron chi connectivity index (χ2n) is 4.25. The fraction of sp³-hybridized carbons (Fsp3) is 0.133. The highest BCUT2D eigenvalue weighted by molar-refractivity contribution is 5.85. The number of hydrogen-bond donors (Lipinski definition) is 2. The molecule has 1 atom stereocenters. The molecule has 2 aromatic rings. The van der Waals surface area contributed by atoms with Crippen molar-refractivity contribution in [3.8, 4) is 0 Å². The molecule has 1 aromatic carbocycles. The molecule has 0 radical (unpaired) electrons. The summed E-state index contributed by atoms with van der Waals surface area (Å²) in [5.41, 5.74) is 1.14. The highest BCUT2D eigenvalue weighted by Gasteiger charge is 2.21. The van der Waals surface area contributed by atoms with Crippen molar-refractivity contribution in [2.24, 2.45) is 0 Å². The van der Waals surface area contributed by atoms with Gasteiger partial charge in [0.05, 0.1) is 6.42 Å². The molecule has 0 aliphatic carbocycles. The monoisotopic (exact) mass is 270 g/mol. The number of nitrogens with one attached hydrogen (secondary N) is 1. The van der Waals surface area contributed by atoms with E-state index in [0.717, 1.165) is 0 Å². The minimum atomic E-state index is -1.09. The van der Waals surface area contributed by atoms with Crippen LogP contribution in [-0.4, -0.2) is 22.0 Å². The fourth-order valence-electron chi connectivity index (χ4n) is 1.81. The largest absolute Gasteiger partial charge is 0.479 e. The van der Waals surface area contributed by atoms with Gasteiger partial charge >= 0.3 is 5.97 Å². The Balaban J connectivity index is 2.06. The molecule has 5 nitrogen and oxygen atoms in total. The van der Waals surface area contributed by atoms with Gasteiger partial charge in [-0.3, -0.25) is 9.78 Å². The average molecular weight is 270 g/mol. The minimum Gasteiger partial charge on any atom is -0.479 e. The molecule has 1 aromatic heterocycles. The third-order valence-electron chi connectivity index (χ3n) is 2.75. The molecule has 0 bridgehead atoms. The number of carboxylic acid groups (broad SMARTS) is 1. The first-order valence-corrected chi connectivity index (χ1v) is 6.14. The van der Waals surface area contributed by atoms with Crippen molar-refractivity contribution >= 4 is 11.9 Å². The molecule has 2 rings (SSSR count). The second kappa shape index (κ2) is 6.47. The lowest BCUT2D eigenvalue weighted by Gasteiger charge is -2.14. The van der Waals surface area contributed by atoms with Crippen LogP contribution in [0.4, 0.5) is 0 Å². The summed E-state index contributed by atoms with van der Waals surface area (Å²) in [6, 6.07) is 12.8. The molecule has 0 saturated heterocycles. The van der Waals surface area contributed by atoms with Crippen LogP contribution in [-0.2, 0) is 16.0 Å². The second-order valence-corrected chi connectivity index (χ2v) is 4.25. The van der Waals surface area contributed by atoms with E-state index in [4.69, 9.17) is 0 Å². The first-order valence-electron chi connectivity index (χ1n) is 6.14. The molecule has 102 valence electrons. The van der Waals surface area contributed by atoms with Crippen molar-refractivity contribution in [3.63, 3.8) is 0 Å². The van der Waals surface area contributed by atoms with E-state index >= 15 is 0 Å². The van der Waals surface area contributed by atoms with Crippen LogP contribution in [0.3, 0.4) is 0 Å². The first kappa shape index (κ1) is 13.7. The Bertz CT molecular complexity index is 585. The smallest absolute Gasteiger partial charge is 0.330 e. The van der Waals surface area contributed by atoms with Gasteiger partial charge in [-0.2, -0.15) is 0 Å². The number of hydrogen-bond acceptors (Lipinski definition) is 3. The summed E-state index contributed by atoms with van der Waals surface area (Å²) >= 11 is 0. The molecule has 0 unspecified atom stereocenters. The van der Waals surface area contributed by atoms with E-state index in [-0.39, 0.29) is 12.3 Å². The molecule has 0 saturated carbocycles. The molecule has 0 aliphatic heterocycles. The number of aliphatic carboxylic acids is 1. The van der Waals surface area contributed by atoms with Crippen LogP contribution in [0, 0.1) is 0 Å². The summed E-state index contributed by atoms with van der Waals surface area (Å²) in [6.45, 7) is 0. The lowest BCUT2D eigenvalue weighted by Crippen LogP contribution is -2.34. The highest BCUT2D eigenvalue weighted by atomic mass is 16.4. The summed E-state index contributed by atoms with van der Waals surface area (Å²) in [4.78, 5) is 27.2. The third-order valence-corrected chi connectivity index (χ3v) is 2.75. The van der Waals surface area contributed by atoms with E-state index in [1.807, 2.05) is 0 Å². The standard InChI is InChI=1S/C15H14N2O3/c18-13(10-12-8-4-5-9-16-12)17-14(15(19)20)11-6-2-1-3-7-11/h1-9,14H,10H2,(H,17,18)(H,19,20)/t14-/m1/s1. The number of benzene rings is 1. The zero-order valence-electron chi connectivity index (χ0n) is 10.7. The number of nitrogens with zero attached hydrogens (tertiary/aromatic N) is 1. The topological polar surface area (TPSA) is 79.3 Å². The van der Waals surface area contributed by atoms with Crippen molar-refractivity contribution in [3.05, 3.63) is 66.0 Å². The third kappa shape index (κ3) is 3.65. The van der Waals surface area contributed by atoms with Gasteiger partial charge in [0.1, 0.15) is 0 Å². The summed E-state index contributed by atoms with van der Waals surface area (Å²) in [5, 5.41) is 11.7. The van der Waals surface area contributed by atoms with E-state index in [9.17, 15) is 14.7 Å². The maximum absolute atomic E-state index is 11.9. The molecule has 0 fully saturated rings. The van der Waals surface area contributed by atoms with Gasteiger partial charge in [-0.1, -0.05) is 36.4 Å². The Morgan fingerprint density at radius 2 is 1.80 bits per heavy atom. The summed E-state index contributed by atoms with van der Waals surface area (Å²) in [7, 11) is 0. The van der Waals surface area contributed by atoms with Crippen LogP contribution in [0.15, 0.2) is 54.7 Å². The number of amides is 1. The number of pyridine rings is 1. The van der Waals surface area contributed by atoms with E-state index in [0.29, 0.717) is 11.3 Å². The van der Waals surface area contributed by atoms with Gasteiger partial charge < -0.3 is 10.4 Å².